The van der Waals surface area contributed by atoms with Crippen LogP contribution in [0.2, 0.25) is 3.43 Å². The number of hydrogen-bond acceptors (Lipinski definition) is 1. The molecule has 1 aromatic heterocycles. The van der Waals surface area contributed by atoms with Crippen molar-refractivity contribution in [3.05, 3.63) is 16.8 Å². The van der Waals surface area contributed by atoms with Gasteiger partial charge in [-0.1, -0.05) is 0 Å². The van der Waals surface area contributed by atoms with Gasteiger partial charge < -0.3 is 0 Å². The van der Waals surface area contributed by atoms with Crippen molar-refractivity contribution in [1.82, 2.24) is 0 Å². The third kappa shape index (κ3) is 3.06. The predicted octanol–water partition coefficient (Wildman–Crippen LogP) is 2.30. The monoisotopic (exact) mass is 260 g/mol. The summed E-state index contributed by atoms with van der Waals surface area (Å²) < 4.78 is 2.24. The van der Waals surface area contributed by atoms with Crippen LogP contribution in [0.3, 0.4) is 0 Å². The fourth-order valence-corrected chi connectivity index (χ4v) is 5.74. The van der Waals surface area contributed by atoms with Gasteiger partial charge in [-0.05, 0) is 0 Å². The van der Waals surface area contributed by atoms with E-state index in [0.29, 0.717) is 3.43 Å². The Balaban J connectivity index is 2.57. The van der Waals surface area contributed by atoms with Crippen molar-refractivity contribution in [3.8, 4) is 0 Å². The third-order valence-corrected chi connectivity index (χ3v) is 6.17. The fraction of sp³-hybridized carbons (Fsp3) is 0.500. The van der Waals surface area contributed by atoms with Gasteiger partial charge in [0.1, 0.15) is 0 Å². The van der Waals surface area contributed by atoms with Crippen molar-refractivity contribution in [2.24, 2.45) is 0 Å². The van der Waals surface area contributed by atoms with Gasteiger partial charge in [-0.3, -0.25) is 0 Å². The van der Waals surface area contributed by atoms with Crippen LogP contribution in [0.25, 0.3) is 0 Å². The second-order valence-corrected chi connectivity index (χ2v) is 10.8. The molecule has 0 nitrogen and oxygen atoms in total. The van der Waals surface area contributed by atoms with E-state index < -0.39 is 0 Å². The summed E-state index contributed by atoms with van der Waals surface area (Å²) in [5.74, 6) is 0. The first-order chi connectivity index (χ1) is 4.58. The van der Waals surface area contributed by atoms with E-state index in [4.69, 9.17) is 0 Å². The maximum absolute atomic E-state index is 2.34. The average molecular weight is 259 g/mol. The van der Waals surface area contributed by atoms with Crippen molar-refractivity contribution >= 4 is 36.1 Å². The van der Waals surface area contributed by atoms with E-state index in [2.05, 4.69) is 37.6 Å². The molecule has 0 aromatic carbocycles. The standard InChI is InChI=1S/C4H3S.C4H9.Sn/c1-2-4-5-3-1;1-4(2)3;/h1,3-4H;1-3H3;. The molecule has 0 aliphatic carbocycles. The van der Waals surface area contributed by atoms with Crippen molar-refractivity contribution < 1.29 is 0 Å². The van der Waals surface area contributed by atoms with Gasteiger partial charge >= 0.3 is 77.1 Å². The molecule has 0 aliphatic rings. The van der Waals surface area contributed by atoms with E-state index >= 15 is 0 Å². The number of hydrogen-bond donors (Lipinski definition) is 0. The first kappa shape index (κ1) is 8.59. The van der Waals surface area contributed by atoms with Crippen LogP contribution in [0.5, 0.6) is 0 Å². The Kier molecular flexibility index (Phi) is 2.80. The predicted molar refractivity (Wildman–Crippen MR) is 49.4 cm³/mol. The van der Waals surface area contributed by atoms with E-state index in [0.717, 1.165) is 0 Å². The zero-order chi connectivity index (χ0) is 7.61. The van der Waals surface area contributed by atoms with Gasteiger partial charge in [-0.2, -0.15) is 0 Å². The first-order valence-electron chi connectivity index (χ1n) is 3.38. The van der Waals surface area contributed by atoms with Crippen LogP contribution in [-0.2, 0) is 0 Å². The molecule has 2 radical (unpaired) electrons. The molecule has 0 amide bonds. The van der Waals surface area contributed by atoms with Crippen LogP contribution in [0.15, 0.2) is 16.8 Å². The fourth-order valence-electron chi connectivity index (χ4n) is 0.769. The van der Waals surface area contributed by atoms with E-state index in [1.165, 1.54) is 0 Å². The van der Waals surface area contributed by atoms with Crippen molar-refractivity contribution in [1.29, 1.82) is 0 Å². The molecule has 1 heterocycles. The second-order valence-electron chi connectivity index (χ2n) is 3.39. The molecule has 0 unspecified atom stereocenters. The summed E-state index contributed by atoms with van der Waals surface area (Å²) in [4.78, 5) is 0. The first-order valence-corrected chi connectivity index (χ1v) is 7.18. The van der Waals surface area contributed by atoms with Crippen molar-refractivity contribution in [2.45, 2.75) is 24.2 Å². The molecule has 1 rings (SSSR count). The molecule has 2 heteroatoms. The van der Waals surface area contributed by atoms with Crippen LogP contribution in [0.1, 0.15) is 20.8 Å². The molecular formula is C8H12SSn. The summed E-state index contributed by atoms with van der Waals surface area (Å²) in [6.45, 7) is 7.03. The SMILES string of the molecule is C[C](C)(C)[Sn][c]1ccsc1. The average Bonchev–Trinajstić information content (AvgIpc) is 2.12. The number of thiophene rings is 1. The van der Waals surface area contributed by atoms with Crippen LogP contribution < -0.4 is 3.58 Å². The van der Waals surface area contributed by atoms with Crippen LogP contribution in [-0.4, -0.2) is 21.1 Å². The number of rotatable bonds is 1. The summed E-state index contributed by atoms with van der Waals surface area (Å²) in [6, 6.07) is 2.28. The molecule has 0 bridgehead atoms. The molecule has 0 atom stereocenters. The molecule has 0 saturated heterocycles. The van der Waals surface area contributed by atoms with Gasteiger partial charge in [0.2, 0.25) is 0 Å². The minimum absolute atomic E-state index is 0.292. The van der Waals surface area contributed by atoms with Crippen LogP contribution in [0.4, 0.5) is 0 Å². The molecule has 0 saturated carbocycles. The molecule has 1 aromatic rings. The van der Waals surface area contributed by atoms with Gasteiger partial charge in [0, 0.05) is 0 Å². The Morgan fingerprint density at radius 2 is 2.10 bits per heavy atom. The minimum atomic E-state index is -0.292. The normalized spacial score (nSPS) is 11.9. The van der Waals surface area contributed by atoms with E-state index in [1.807, 2.05) is 11.3 Å². The Bertz CT molecular complexity index is 184. The van der Waals surface area contributed by atoms with Gasteiger partial charge in [0.25, 0.3) is 0 Å². The van der Waals surface area contributed by atoms with E-state index in [-0.39, 0.29) is 21.1 Å². The van der Waals surface area contributed by atoms with E-state index in [9.17, 15) is 0 Å². The zero-order valence-electron chi connectivity index (χ0n) is 6.64. The van der Waals surface area contributed by atoms with Gasteiger partial charge in [0.15, 0.2) is 0 Å². The summed E-state index contributed by atoms with van der Waals surface area (Å²) >= 11 is 1.53. The maximum atomic E-state index is 2.34. The Hall–Kier alpha value is 0.499. The molecule has 10 heavy (non-hydrogen) atoms. The Morgan fingerprint density at radius 3 is 2.50 bits per heavy atom. The molecular weight excluding hydrogens is 247 g/mol. The molecule has 0 spiro atoms. The third-order valence-electron chi connectivity index (χ3n) is 1.04. The Labute approximate surface area is 76.9 Å². The second kappa shape index (κ2) is 3.26. The molecule has 0 N–H and O–H groups in total. The van der Waals surface area contributed by atoms with Crippen LogP contribution >= 0.6 is 11.3 Å². The molecule has 0 aliphatic heterocycles. The summed E-state index contributed by atoms with van der Waals surface area (Å²) in [6.07, 6.45) is 0. The van der Waals surface area contributed by atoms with Crippen LogP contribution in [0, 0.1) is 0 Å². The summed E-state index contributed by atoms with van der Waals surface area (Å²) in [7, 11) is 0. The summed E-state index contributed by atoms with van der Waals surface area (Å²) in [5, 5.41) is 4.49. The van der Waals surface area contributed by atoms with Crippen molar-refractivity contribution in [3.63, 3.8) is 0 Å². The van der Waals surface area contributed by atoms with Gasteiger partial charge in [-0.15, -0.1) is 0 Å². The van der Waals surface area contributed by atoms with Gasteiger partial charge in [-0.25, -0.2) is 0 Å². The summed E-state index contributed by atoms with van der Waals surface area (Å²) in [5.41, 5.74) is 0. The van der Waals surface area contributed by atoms with Crippen molar-refractivity contribution in [2.75, 3.05) is 0 Å². The van der Waals surface area contributed by atoms with Gasteiger partial charge in [0.05, 0.1) is 0 Å². The zero-order valence-corrected chi connectivity index (χ0v) is 10.3. The quantitative estimate of drug-likeness (QED) is 0.679. The molecule has 54 valence electrons. The van der Waals surface area contributed by atoms with E-state index in [1.54, 1.807) is 3.58 Å². The topological polar surface area (TPSA) is 0 Å². The Morgan fingerprint density at radius 1 is 1.40 bits per heavy atom. The molecule has 0 fully saturated rings.